The molecule has 1 atom stereocenters. The van der Waals surface area contributed by atoms with Crippen LogP contribution in [0.5, 0.6) is 0 Å². The fourth-order valence-corrected chi connectivity index (χ4v) is 3.27. The normalized spacial score (nSPS) is 17.8. The molecule has 26 heavy (non-hydrogen) atoms. The summed E-state index contributed by atoms with van der Waals surface area (Å²) in [5.74, 6) is 0.709. The minimum Gasteiger partial charge on any atom is -0.405 e. The lowest BCUT2D eigenvalue weighted by Crippen LogP contribution is -2.29. The zero-order chi connectivity index (χ0) is 18.5. The van der Waals surface area contributed by atoms with E-state index in [-0.39, 0.29) is 11.8 Å². The minimum atomic E-state index is -0.0565. The van der Waals surface area contributed by atoms with Crippen LogP contribution in [0.25, 0.3) is 11.3 Å². The van der Waals surface area contributed by atoms with E-state index in [1.54, 1.807) is 6.08 Å². The third kappa shape index (κ3) is 3.61. The number of allylic oxidation sites excluding steroid dienone is 3. The third-order valence-electron chi connectivity index (χ3n) is 4.66. The summed E-state index contributed by atoms with van der Waals surface area (Å²) in [4.78, 5) is 14.8. The lowest BCUT2D eigenvalue weighted by molar-refractivity contribution is 0.0789. The number of likely N-dealkylation sites (tertiary alicyclic amines) is 1. The SMILES string of the molecule is C=C/C=C(\C=C/N)C1CCN(C(=O)c2cnoc2-c2ccc(C)cc2)C1. The molecular weight excluding hydrogens is 326 g/mol. The van der Waals surface area contributed by atoms with Crippen molar-refractivity contribution in [3.8, 4) is 11.3 Å². The zero-order valence-corrected chi connectivity index (χ0v) is 14.9. The summed E-state index contributed by atoms with van der Waals surface area (Å²) in [7, 11) is 0. The summed E-state index contributed by atoms with van der Waals surface area (Å²) in [6.45, 7) is 7.10. The van der Waals surface area contributed by atoms with Crippen molar-refractivity contribution in [2.45, 2.75) is 13.3 Å². The van der Waals surface area contributed by atoms with Crippen LogP contribution in [0.2, 0.25) is 0 Å². The van der Waals surface area contributed by atoms with Gasteiger partial charge in [-0.15, -0.1) is 0 Å². The van der Waals surface area contributed by atoms with Gasteiger partial charge in [-0.25, -0.2) is 0 Å². The quantitative estimate of drug-likeness (QED) is 0.836. The second-order valence-electron chi connectivity index (χ2n) is 6.43. The molecule has 1 aromatic carbocycles. The maximum absolute atomic E-state index is 13.0. The van der Waals surface area contributed by atoms with Crippen molar-refractivity contribution in [1.82, 2.24) is 10.1 Å². The van der Waals surface area contributed by atoms with Crippen molar-refractivity contribution in [2.24, 2.45) is 11.7 Å². The van der Waals surface area contributed by atoms with Gasteiger partial charge in [-0.3, -0.25) is 4.79 Å². The standard InChI is InChI=1S/C21H23N3O2/c1-3-4-16(9-11-22)18-10-12-24(14-18)21(25)19-13-23-26-20(19)17-7-5-15(2)6-8-17/h3-9,11,13,18H,1,10,12,14,22H2,2H3/b11-9-,16-4+. The Labute approximate surface area is 153 Å². The Bertz CT molecular complexity index is 846. The molecule has 2 aromatic rings. The molecule has 1 aliphatic rings. The van der Waals surface area contributed by atoms with Crippen molar-refractivity contribution in [2.75, 3.05) is 13.1 Å². The van der Waals surface area contributed by atoms with Gasteiger partial charge in [-0.1, -0.05) is 53.7 Å². The molecule has 1 fully saturated rings. The number of benzene rings is 1. The largest absolute Gasteiger partial charge is 0.405 e. The number of aromatic nitrogens is 1. The predicted molar refractivity (Wildman–Crippen MR) is 102 cm³/mol. The Morgan fingerprint density at radius 3 is 2.85 bits per heavy atom. The summed E-state index contributed by atoms with van der Waals surface area (Å²) < 4.78 is 5.37. The zero-order valence-electron chi connectivity index (χ0n) is 14.9. The number of amides is 1. The van der Waals surface area contributed by atoms with Crippen LogP contribution < -0.4 is 5.73 Å². The van der Waals surface area contributed by atoms with Gasteiger partial charge in [0.05, 0.1) is 6.20 Å². The average molecular weight is 349 g/mol. The van der Waals surface area contributed by atoms with Crippen LogP contribution in [-0.2, 0) is 0 Å². The van der Waals surface area contributed by atoms with Gasteiger partial charge in [0.2, 0.25) is 0 Å². The summed E-state index contributed by atoms with van der Waals surface area (Å²) in [6.07, 6.45) is 9.48. The lowest BCUT2D eigenvalue weighted by atomic mass is 9.97. The van der Waals surface area contributed by atoms with E-state index in [2.05, 4.69) is 11.7 Å². The van der Waals surface area contributed by atoms with Crippen molar-refractivity contribution in [3.63, 3.8) is 0 Å². The molecule has 1 saturated heterocycles. The molecule has 0 saturated carbocycles. The number of aryl methyl sites for hydroxylation is 1. The minimum absolute atomic E-state index is 0.0565. The van der Waals surface area contributed by atoms with Gasteiger partial charge in [-0.2, -0.15) is 0 Å². The van der Waals surface area contributed by atoms with Crippen LogP contribution in [0.1, 0.15) is 22.3 Å². The van der Waals surface area contributed by atoms with Gasteiger partial charge in [0.1, 0.15) is 5.56 Å². The summed E-state index contributed by atoms with van der Waals surface area (Å²) in [6, 6.07) is 7.86. The Hall–Kier alpha value is -3.08. The smallest absolute Gasteiger partial charge is 0.259 e. The molecule has 3 rings (SSSR count). The fourth-order valence-electron chi connectivity index (χ4n) is 3.27. The topological polar surface area (TPSA) is 72.4 Å². The number of carbonyl (C=O) groups is 1. The van der Waals surface area contributed by atoms with E-state index in [0.717, 1.165) is 23.1 Å². The second-order valence-corrected chi connectivity index (χ2v) is 6.43. The van der Waals surface area contributed by atoms with Gasteiger partial charge in [0.25, 0.3) is 5.91 Å². The molecule has 1 unspecified atom stereocenters. The van der Waals surface area contributed by atoms with Crippen molar-refractivity contribution < 1.29 is 9.32 Å². The first-order valence-electron chi connectivity index (χ1n) is 8.66. The van der Waals surface area contributed by atoms with Crippen LogP contribution in [0.4, 0.5) is 0 Å². The van der Waals surface area contributed by atoms with Gasteiger partial charge in [-0.05, 0) is 31.2 Å². The molecule has 0 radical (unpaired) electrons. The molecule has 5 nitrogen and oxygen atoms in total. The Balaban J connectivity index is 1.79. The van der Waals surface area contributed by atoms with Crippen LogP contribution >= 0.6 is 0 Å². The van der Waals surface area contributed by atoms with Crippen LogP contribution in [-0.4, -0.2) is 29.1 Å². The number of hydrogen-bond acceptors (Lipinski definition) is 4. The Morgan fingerprint density at radius 2 is 2.15 bits per heavy atom. The maximum atomic E-state index is 13.0. The van der Waals surface area contributed by atoms with Crippen LogP contribution in [0.15, 0.2) is 71.6 Å². The molecule has 5 heteroatoms. The first-order chi connectivity index (χ1) is 12.6. The fraction of sp³-hybridized carbons (Fsp3) is 0.238. The Morgan fingerprint density at radius 1 is 1.38 bits per heavy atom. The van der Waals surface area contributed by atoms with Crippen LogP contribution in [0.3, 0.4) is 0 Å². The number of carbonyl (C=O) groups excluding carboxylic acids is 1. The molecule has 0 aliphatic carbocycles. The highest BCUT2D eigenvalue weighted by Gasteiger charge is 2.31. The maximum Gasteiger partial charge on any atom is 0.259 e. The van der Waals surface area contributed by atoms with E-state index in [1.807, 2.05) is 48.2 Å². The molecule has 2 heterocycles. The summed E-state index contributed by atoms with van der Waals surface area (Å²) in [5.41, 5.74) is 9.12. The highest BCUT2D eigenvalue weighted by Crippen LogP contribution is 2.29. The number of rotatable bonds is 5. The van der Waals surface area contributed by atoms with Gasteiger partial charge in [0, 0.05) is 24.6 Å². The first-order valence-corrected chi connectivity index (χ1v) is 8.66. The van der Waals surface area contributed by atoms with Crippen molar-refractivity contribution >= 4 is 5.91 Å². The summed E-state index contributed by atoms with van der Waals surface area (Å²) >= 11 is 0. The van der Waals surface area contributed by atoms with E-state index >= 15 is 0 Å². The third-order valence-corrected chi connectivity index (χ3v) is 4.66. The number of nitrogens with two attached hydrogens (primary N) is 1. The lowest BCUT2D eigenvalue weighted by Gasteiger charge is -2.16. The van der Waals surface area contributed by atoms with Crippen molar-refractivity contribution in [1.29, 1.82) is 0 Å². The van der Waals surface area contributed by atoms with E-state index in [4.69, 9.17) is 10.3 Å². The number of hydrogen-bond donors (Lipinski definition) is 1. The monoisotopic (exact) mass is 349 g/mol. The highest BCUT2D eigenvalue weighted by atomic mass is 16.5. The second kappa shape index (κ2) is 7.87. The molecule has 0 spiro atoms. The van der Waals surface area contributed by atoms with Gasteiger partial charge in [0.15, 0.2) is 5.76 Å². The molecule has 134 valence electrons. The first kappa shape index (κ1) is 17.7. The molecule has 0 bridgehead atoms. The highest BCUT2D eigenvalue weighted by molar-refractivity contribution is 5.99. The molecule has 2 N–H and O–H groups in total. The molecule has 1 aromatic heterocycles. The average Bonchev–Trinajstić information content (AvgIpc) is 3.31. The number of nitrogens with zero attached hydrogens (tertiary/aromatic N) is 2. The van der Waals surface area contributed by atoms with E-state index in [1.165, 1.54) is 12.4 Å². The van der Waals surface area contributed by atoms with E-state index in [0.29, 0.717) is 24.4 Å². The van der Waals surface area contributed by atoms with Crippen LogP contribution in [0, 0.1) is 12.8 Å². The predicted octanol–water partition coefficient (Wildman–Crippen LogP) is 3.70. The Kier molecular flexibility index (Phi) is 5.37. The van der Waals surface area contributed by atoms with Gasteiger partial charge >= 0.3 is 0 Å². The summed E-state index contributed by atoms with van der Waals surface area (Å²) in [5, 5.41) is 3.85. The molecular formula is C21H23N3O2. The van der Waals surface area contributed by atoms with Crippen molar-refractivity contribution in [3.05, 3.63) is 78.2 Å². The molecule has 1 amide bonds. The van der Waals surface area contributed by atoms with Gasteiger partial charge < -0.3 is 15.2 Å². The van der Waals surface area contributed by atoms with E-state index in [9.17, 15) is 4.79 Å². The molecule has 1 aliphatic heterocycles. The van der Waals surface area contributed by atoms with E-state index < -0.39 is 0 Å².